The number of aromatic nitrogens is 1. The van der Waals surface area contributed by atoms with Crippen LogP contribution in [0.15, 0.2) is 53.5 Å². The molecule has 1 heterocycles. The molecule has 0 aliphatic heterocycles. The van der Waals surface area contributed by atoms with Gasteiger partial charge in [0.15, 0.2) is 14.6 Å². The van der Waals surface area contributed by atoms with E-state index in [1.54, 1.807) is 48.5 Å². The number of carbonyl (C=O) groups is 2. The van der Waals surface area contributed by atoms with E-state index in [0.717, 1.165) is 4.70 Å². The summed E-state index contributed by atoms with van der Waals surface area (Å²) in [6.07, 6.45) is 0. The Balaban J connectivity index is 1.94. The van der Waals surface area contributed by atoms with Crippen LogP contribution in [-0.4, -0.2) is 44.3 Å². The molecule has 0 unspecified atom stereocenters. The van der Waals surface area contributed by atoms with Gasteiger partial charge in [-0.15, -0.1) is 0 Å². The second-order valence-corrected chi connectivity index (χ2v) is 9.71. The summed E-state index contributed by atoms with van der Waals surface area (Å²) in [5.74, 6) is -1.64. The minimum Gasteiger partial charge on any atom is -0.494 e. The predicted octanol–water partition coefficient (Wildman–Crippen LogP) is 2.32. The Labute approximate surface area is 183 Å². The number of amides is 1. The van der Waals surface area contributed by atoms with Gasteiger partial charge in [-0.25, -0.2) is 8.42 Å². The molecule has 2 aromatic carbocycles. The molecular formula is C21H22N2O6S2. The van der Waals surface area contributed by atoms with Crippen LogP contribution < -0.4 is 9.54 Å². The summed E-state index contributed by atoms with van der Waals surface area (Å²) in [5.41, 5.74) is 1.26. The first-order chi connectivity index (χ1) is 14.8. The van der Waals surface area contributed by atoms with Crippen LogP contribution in [0.25, 0.3) is 10.2 Å². The molecular weight excluding hydrogens is 440 g/mol. The monoisotopic (exact) mass is 462 g/mol. The molecule has 10 heteroatoms. The van der Waals surface area contributed by atoms with Crippen molar-refractivity contribution in [3.05, 3.63) is 58.9 Å². The zero-order valence-electron chi connectivity index (χ0n) is 17.1. The first kappa shape index (κ1) is 22.7. The van der Waals surface area contributed by atoms with Crippen molar-refractivity contribution in [3.63, 3.8) is 0 Å². The van der Waals surface area contributed by atoms with Crippen LogP contribution in [0.2, 0.25) is 0 Å². The van der Waals surface area contributed by atoms with Crippen molar-refractivity contribution < 1.29 is 27.5 Å². The van der Waals surface area contributed by atoms with Gasteiger partial charge >= 0.3 is 5.97 Å². The molecule has 1 amide bonds. The van der Waals surface area contributed by atoms with Gasteiger partial charge in [-0.05, 0) is 30.7 Å². The van der Waals surface area contributed by atoms with E-state index in [1.807, 2.05) is 6.92 Å². The van der Waals surface area contributed by atoms with E-state index in [4.69, 9.17) is 9.47 Å². The van der Waals surface area contributed by atoms with Crippen LogP contribution in [0, 0.1) is 0 Å². The molecule has 164 valence electrons. The van der Waals surface area contributed by atoms with Gasteiger partial charge in [0, 0.05) is 0 Å². The number of carbonyl (C=O) groups excluding carboxylic acids is 2. The lowest BCUT2D eigenvalue weighted by Crippen LogP contribution is -2.24. The molecule has 8 nitrogen and oxygen atoms in total. The number of sulfone groups is 1. The van der Waals surface area contributed by atoms with Crippen LogP contribution in [-0.2, 0) is 36.5 Å². The smallest absolute Gasteiger partial charge is 0.325 e. The minimum atomic E-state index is -3.70. The third kappa shape index (κ3) is 6.02. The van der Waals surface area contributed by atoms with Gasteiger partial charge < -0.3 is 14.0 Å². The maximum Gasteiger partial charge on any atom is 0.325 e. The van der Waals surface area contributed by atoms with Crippen LogP contribution in [0.1, 0.15) is 12.5 Å². The number of hydrogen-bond donors (Lipinski definition) is 0. The van der Waals surface area contributed by atoms with Gasteiger partial charge in [0.25, 0.3) is 5.91 Å². The Morgan fingerprint density at radius 3 is 2.55 bits per heavy atom. The van der Waals surface area contributed by atoms with Crippen molar-refractivity contribution in [3.8, 4) is 5.75 Å². The quantitative estimate of drug-likeness (QED) is 0.476. The number of nitrogens with zero attached hydrogens (tertiary/aromatic N) is 2. The van der Waals surface area contributed by atoms with Crippen molar-refractivity contribution >= 4 is 43.3 Å². The fourth-order valence-corrected chi connectivity index (χ4v) is 5.27. The molecule has 0 spiro atoms. The molecule has 3 rings (SSSR count). The fourth-order valence-electron chi connectivity index (χ4n) is 2.95. The van der Waals surface area contributed by atoms with E-state index in [2.05, 4.69) is 4.99 Å². The SMILES string of the molecule is CCOc1ccc2c(c1)sc(=NC(=O)CS(=O)(=O)Cc1ccccc1)n2CC(=O)OC. The normalized spacial score (nSPS) is 12.1. The number of ether oxygens (including phenoxy) is 2. The lowest BCUT2D eigenvalue weighted by Gasteiger charge is -2.05. The molecule has 1 aromatic heterocycles. The largest absolute Gasteiger partial charge is 0.494 e. The minimum absolute atomic E-state index is 0.159. The number of hydrogen-bond acceptors (Lipinski definition) is 7. The third-order valence-corrected chi connectivity index (χ3v) is 6.77. The van der Waals surface area contributed by atoms with Crippen molar-refractivity contribution in [2.45, 2.75) is 19.2 Å². The highest BCUT2D eigenvalue weighted by molar-refractivity contribution is 7.91. The van der Waals surface area contributed by atoms with E-state index in [9.17, 15) is 18.0 Å². The maximum absolute atomic E-state index is 12.5. The molecule has 0 atom stereocenters. The summed E-state index contributed by atoms with van der Waals surface area (Å²) < 4.78 is 37.4. The summed E-state index contributed by atoms with van der Waals surface area (Å²) in [7, 11) is -2.43. The second kappa shape index (κ2) is 9.88. The molecule has 0 bridgehead atoms. The average molecular weight is 463 g/mol. The lowest BCUT2D eigenvalue weighted by atomic mass is 10.2. The van der Waals surface area contributed by atoms with Crippen LogP contribution in [0.3, 0.4) is 0 Å². The molecule has 0 saturated carbocycles. The number of fused-ring (bicyclic) bond motifs is 1. The molecule has 0 radical (unpaired) electrons. The summed E-state index contributed by atoms with van der Waals surface area (Å²) in [4.78, 5) is 28.6. The predicted molar refractivity (Wildman–Crippen MR) is 118 cm³/mol. The topological polar surface area (TPSA) is 104 Å². The molecule has 0 aliphatic carbocycles. The average Bonchev–Trinajstić information content (AvgIpc) is 3.04. The van der Waals surface area contributed by atoms with Crippen molar-refractivity contribution in [1.82, 2.24) is 4.57 Å². The zero-order valence-corrected chi connectivity index (χ0v) is 18.7. The Morgan fingerprint density at radius 2 is 1.87 bits per heavy atom. The highest BCUT2D eigenvalue weighted by atomic mass is 32.2. The number of thiazole rings is 1. The number of benzene rings is 2. The third-order valence-electron chi connectivity index (χ3n) is 4.27. The Morgan fingerprint density at radius 1 is 1.13 bits per heavy atom. The number of rotatable bonds is 8. The molecule has 0 saturated heterocycles. The summed E-state index contributed by atoms with van der Waals surface area (Å²) >= 11 is 1.17. The van der Waals surface area contributed by atoms with Crippen LogP contribution in [0.5, 0.6) is 5.75 Å². The molecule has 3 aromatic rings. The first-order valence-corrected chi connectivity index (χ1v) is 12.1. The maximum atomic E-state index is 12.5. The van der Waals surface area contributed by atoms with Crippen molar-refractivity contribution in [2.75, 3.05) is 19.5 Å². The van der Waals surface area contributed by atoms with Gasteiger partial charge in [-0.3, -0.25) is 9.59 Å². The zero-order chi connectivity index (χ0) is 22.4. The number of esters is 1. The number of methoxy groups -OCH3 is 1. The lowest BCUT2D eigenvalue weighted by molar-refractivity contribution is -0.141. The standard InChI is InChI=1S/C21H22N2O6S2/c1-3-29-16-9-10-17-18(11-16)30-21(23(17)12-20(25)28-2)22-19(24)14-31(26,27)13-15-7-5-4-6-8-15/h4-11H,3,12-14H2,1-2H3. The van der Waals surface area contributed by atoms with Gasteiger partial charge in [-0.1, -0.05) is 41.7 Å². The van der Waals surface area contributed by atoms with Crippen molar-refractivity contribution in [1.29, 1.82) is 0 Å². The van der Waals surface area contributed by atoms with E-state index >= 15 is 0 Å². The van der Waals surface area contributed by atoms with Gasteiger partial charge in [-0.2, -0.15) is 4.99 Å². The van der Waals surface area contributed by atoms with Crippen LogP contribution >= 0.6 is 11.3 Å². The first-order valence-electron chi connectivity index (χ1n) is 9.46. The summed E-state index contributed by atoms with van der Waals surface area (Å²) in [5, 5.41) is 0. The van der Waals surface area contributed by atoms with Gasteiger partial charge in [0.05, 0.1) is 29.7 Å². The highest BCUT2D eigenvalue weighted by Crippen LogP contribution is 2.23. The van der Waals surface area contributed by atoms with E-state index in [-0.39, 0.29) is 17.1 Å². The van der Waals surface area contributed by atoms with E-state index in [0.29, 0.717) is 23.4 Å². The molecule has 31 heavy (non-hydrogen) atoms. The second-order valence-electron chi connectivity index (χ2n) is 6.63. The van der Waals surface area contributed by atoms with Crippen molar-refractivity contribution in [2.24, 2.45) is 4.99 Å². The molecule has 0 N–H and O–H groups in total. The fraction of sp³-hybridized carbons (Fsp3) is 0.286. The molecule has 0 aliphatic rings. The Bertz CT molecular complexity index is 1260. The Kier molecular flexibility index (Phi) is 7.24. The Hall–Kier alpha value is -2.98. The van der Waals surface area contributed by atoms with E-state index < -0.39 is 27.5 Å². The van der Waals surface area contributed by atoms with Gasteiger partial charge in [0.2, 0.25) is 0 Å². The van der Waals surface area contributed by atoms with Crippen LogP contribution in [0.4, 0.5) is 0 Å². The summed E-state index contributed by atoms with van der Waals surface area (Å²) in [6, 6.07) is 13.9. The van der Waals surface area contributed by atoms with E-state index in [1.165, 1.54) is 23.0 Å². The van der Waals surface area contributed by atoms with Gasteiger partial charge in [0.1, 0.15) is 18.0 Å². The summed E-state index contributed by atoms with van der Waals surface area (Å²) in [6.45, 7) is 2.20. The highest BCUT2D eigenvalue weighted by Gasteiger charge is 2.18. The molecule has 0 fully saturated rings.